The highest BCUT2D eigenvalue weighted by molar-refractivity contribution is 9.10. The summed E-state index contributed by atoms with van der Waals surface area (Å²) >= 11 is 3.40. The summed E-state index contributed by atoms with van der Waals surface area (Å²) in [6.45, 7) is 0. The molecule has 0 saturated carbocycles. The fraction of sp³-hybridized carbons (Fsp3) is 0.0588. The second-order valence-corrected chi connectivity index (χ2v) is 5.86. The van der Waals surface area contributed by atoms with Gasteiger partial charge in [-0.05, 0) is 36.4 Å². The fourth-order valence-corrected chi connectivity index (χ4v) is 2.72. The first kappa shape index (κ1) is 14.5. The van der Waals surface area contributed by atoms with Crippen molar-refractivity contribution in [3.8, 4) is 0 Å². The Balaban J connectivity index is 2.08. The number of halogens is 1. The molecule has 0 radical (unpaired) electrons. The summed E-state index contributed by atoms with van der Waals surface area (Å²) in [5.74, 6) is -0.409. The van der Waals surface area contributed by atoms with Crippen LogP contribution < -0.4 is 10.9 Å². The minimum Gasteiger partial charge on any atom is -0.322 e. The third-order valence-electron chi connectivity index (χ3n) is 3.46. The van der Waals surface area contributed by atoms with E-state index in [1.807, 2.05) is 36.4 Å². The lowest BCUT2D eigenvalue weighted by Gasteiger charge is -2.09. The van der Waals surface area contributed by atoms with Crippen molar-refractivity contribution in [2.45, 2.75) is 0 Å². The molecule has 0 aliphatic carbocycles. The molecule has 0 bridgehead atoms. The van der Waals surface area contributed by atoms with Crippen LogP contribution in [0.3, 0.4) is 0 Å². The van der Waals surface area contributed by atoms with Gasteiger partial charge in [0.05, 0.1) is 5.52 Å². The maximum absolute atomic E-state index is 12.4. The molecule has 0 spiro atoms. The van der Waals surface area contributed by atoms with Gasteiger partial charge >= 0.3 is 0 Å². The van der Waals surface area contributed by atoms with Gasteiger partial charge in [-0.2, -0.15) is 0 Å². The molecule has 0 aliphatic heterocycles. The van der Waals surface area contributed by atoms with Gasteiger partial charge in [-0.15, -0.1) is 0 Å². The van der Waals surface area contributed by atoms with Crippen LogP contribution in [0, 0.1) is 0 Å². The van der Waals surface area contributed by atoms with E-state index in [-0.39, 0.29) is 11.1 Å². The zero-order valence-electron chi connectivity index (χ0n) is 11.8. The monoisotopic (exact) mass is 356 g/mol. The van der Waals surface area contributed by atoms with Crippen molar-refractivity contribution in [1.29, 1.82) is 0 Å². The molecular weight excluding hydrogens is 344 g/mol. The Kier molecular flexibility index (Phi) is 3.81. The lowest BCUT2D eigenvalue weighted by atomic mass is 10.1. The summed E-state index contributed by atoms with van der Waals surface area (Å²) in [5, 5.41) is 3.57. The summed E-state index contributed by atoms with van der Waals surface area (Å²) in [7, 11) is 1.66. The van der Waals surface area contributed by atoms with Crippen LogP contribution in [0.2, 0.25) is 0 Å². The first-order chi connectivity index (χ1) is 10.6. The first-order valence-corrected chi connectivity index (χ1v) is 7.51. The third-order valence-corrected chi connectivity index (χ3v) is 3.96. The predicted octanol–water partition coefficient (Wildman–Crippen LogP) is 3.55. The third kappa shape index (κ3) is 2.67. The van der Waals surface area contributed by atoms with E-state index in [1.54, 1.807) is 25.2 Å². The summed E-state index contributed by atoms with van der Waals surface area (Å²) < 4.78 is 2.38. The Morgan fingerprint density at radius 2 is 1.82 bits per heavy atom. The van der Waals surface area contributed by atoms with Crippen LogP contribution in [-0.4, -0.2) is 10.5 Å². The number of pyridine rings is 1. The van der Waals surface area contributed by atoms with Gasteiger partial charge in [0.1, 0.15) is 5.56 Å². The van der Waals surface area contributed by atoms with E-state index in [2.05, 4.69) is 21.2 Å². The van der Waals surface area contributed by atoms with E-state index in [1.165, 1.54) is 4.57 Å². The van der Waals surface area contributed by atoms with Crippen LogP contribution in [0.5, 0.6) is 0 Å². The molecule has 5 heteroatoms. The molecule has 0 fully saturated rings. The van der Waals surface area contributed by atoms with E-state index in [0.29, 0.717) is 5.69 Å². The lowest BCUT2D eigenvalue weighted by Crippen LogP contribution is -2.27. The number of amides is 1. The number of anilines is 1. The number of nitrogens with one attached hydrogen (secondary N) is 1. The number of para-hydroxylation sites is 1. The zero-order valence-corrected chi connectivity index (χ0v) is 13.4. The number of hydrogen-bond donors (Lipinski definition) is 1. The summed E-state index contributed by atoms with van der Waals surface area (Å²) in [6, 6.07) is 16.3. The molecule has 0 atom stereocenters. The Hall–Kier alpha value is -2.40. The topological polar surface area (TPSA) is 51.1 Å². The van der Waals surface area contributed by atoms with Gasteiger partial charge in [-0.1, -0.05) is 34.1 Å². The van der Waals surface area contributed by atoms with Gasteiger partial charge in [0.15, 0.2) is 0 Å². The molecule has 22 heavy (non-hydrogen) atoms. The van der Waals surface area contributed by atoms with Gasteiger partial charge in [0.25, 0.3) is 11.5 Å². The SMILES string of the molecule is Cn1c(=O)c(C(=O)Nc2ccccc2)cc2cc(Br)ccc21. The number of carbonyl (C=O) groups excluding carboxylic acids is 1. The van der Waals surface area contributed by atoms with Crippen molar-refractivity contribution in [3.05, 3.63) is 75.0 Å². The Morgan fingerprint density at radius 3 is 2.55 bits per heavy atom. The van der Waals surface area contributed by atoms with Crippen LogP contribution in [-0.2, 0) is 7.05 Å². The standard InChI is InChI=1S/C17H13BrN2O2/c1-20-15-8-7-12(18)9-11(15)10-14(17(20)22)16(21)19-13-5-3-2-4-6-13/h2-10H,1H3,(H,19,21). The highest BCUT2D eigenvalue weighted by Crippen LogP contribution is 2.19. The summed E-state index contributed by atoms with van der Waals surface area (Å²) in [4.78, 5) is 24.8. The van der Waals surface area contributed by atoms with Gasteiger partial charge in [0.2, 0.25) is 0 Å². The number of aromatic nitrogens is 1. The van der Waals surface area contributed by atoms with E-state index in [0.717, 1.165) is 15.4 Å². The largest absolute Gasteiger partial charge is 0.322 e. The van der Waals surface area contributed by atoms with Gasteiger partial charge in [-0.25, -0.2) is 0 Å². The molecule has 0 aliphatic rings. The molecule has 2 aromatic carbocycles. The quantitative estimate of drug-likeness (QED) is 0.763. The maximum Gasteiger partial charge on any atom is 0.263 e. The second-order valence-electron chi connectivity index (χ2n) is 4.95. The van der Waals surface area contributed by atoms with E-state index >= 15 is 0 Å². The predicted molar refractivity (Wildman–Crippen MR) is 91.3 cm³/mol. The molecule has 1 heterocycles. The number of rotatable bonds is 2. The van der Waals surface area contributed by atoms with E-state index in [4.69, 9.17) is 0 Å². The van der Waals surface area contributed by atoms with Gasteiger partial charge < -0.3 is 9.88 Å². The molecule has 3 rings (SSSR count). The molecule has 0 saturated heterocycles. The number of carbonyl (C=O) groups is 1. The smallest absolute Gasteiger partial charge is 0.263 e. The maximum atomic E-state index is 12.4. The van der Waals surface area contributed by atoms with Crippen molar-refractivity contribution < 1.29 is 4.79 Å². The lowest BCUT2D eigenvalue weighted by molar-refractivity contribution is 0.102. The summed E-state index contributed by atoms with van der Waals surface area (Å²) in [6.07, 6.45) is 0. The number of benzene rings is 2. The number of hydrogen-bond acceptors (Lipinski definition) is 2. The first-order valence-electron chi connectivity index (χ1n) is 6.72. The normalized spacial score (nSPS) is 10.6. The van der Waals surface area contributed by atoms with Crippen LogP contribution in [0.1, 0.15) is 10.4 Å². The van der Waals surface area contributed by atoms with E-state index in [9.17, 15) is 9.59 Å². The Bertz CT molecular complexity index is 917. The molecule has 1 amide bonds. The number of aryl methyl sites for hydroxylation is 1. The highest BCUT2D eigenvalue weighted by atomic mass is 79.9. The van der Waals surface area contributed by atoms with Gasteiger partial charge in [-0.3, -0.25) is 9.59 Å². The molecule has 3 aromatic rings. The van der Waals surface area contributed by atoms with Crippen LogP contribution in [0.25, 0.3) is 10.9 Å². The second kappa shape index (κ2) is 5.77. The molecule has 1 aromatic heterocycles. The average molecular weight is 357 g/mol. The highest BCUT2D eigenvalue weighted by Gasteiger charge is 2.14. The Morgan fingerprint density at radius 1 is 1.09 bits per heavy atom. The van der Waals surface area contributed by atoms with Crippen molar-refractivity contribution >= 4 is 38.4 Å². The van der Waals surface area contributed by atoms with Gasteiger partial charge in [0, 0.05) is 22.6 Å². The zero-order chi connectivity index (χ0) is 15.7. The molecule has 4 nitrogen and oxygen atoms in total. The number of nitrogens with zero attached hydrogens (tertiary/aromatic N) is 1. The minimum absolute atomic E-state index is 0.122. The van der Waals surface area contributed by atoms with Crippen molar-refractivity contribution in [2.24, 2.45) is 7.05 Å². The Labute approximate surface area is 135 Å². The molecule has 110 valence electrons. The van der Waals surface area contributed by atoms with Crippen LogP contribution >= 0.6 is 15.9 Å². The average Bonchev–Trinajstić information content (AvgIpc) is 2.51. The van der Waals surface area contributed by atoms with E-state index < -0.39 is 5.91 Å². The molecular formula is C17H13BrN2O2. The molecule has 0 unspecified atom stereocenters. The van der Waals surface area contributed by atoms with Crippen LogP contribution in [0.4, 0.5) is 5.69 Å². The fourth-order valence-electron chi connectivity index (χ4n) is 2.34. The van der Waals surface area contributed by atoms with Crippen molar-refractivity contribution in [3.63, 3.8) is 0 Å². The van der Waals surface area contributed by atoms with Crippen molar-refractivity contribution in [2.75, 3.05) is 5.32 Å². The summed E-state index contributed by atoms with van der Waals surface area (Å²) in [5.41, 5.74) is 1.24. The van der Waals surface area contributed by atoms with Crippen molar-refractivity contribution in [1.82, 2.24) is 4.57 Å². The number of fused-ring (bicyclic) bond motifs is 1. The molecule has 1 N–H and O–H groups in total. The minimum atomic E-state index is -0.409. The van der Waals surface area contributed by atoms with Crippen LogP contribution in [0.15, 0.2) is 63.9 Å².